The molecule has 0 aliphatic heterocycles. The van der Waals surface area contributed by atoms with Crippen LogP contribution in [-0.2, 0) is 10.2 Å². The molecule has 0 heterocycles. The van der Waals surface area contributed by atoms with E-state index in [1.165, 1.54) is 30.4 Å². The predicted octanol–water partition coefficient (Wildman–Crippen LogP) is 9.46. The summed E-state index contributed by atoms with van der Waals surface area (Å²) in [7, 11) is 0. The average Bonchev–Trinajstić information content (AvgIpc) is 2.98. The standard InChI is InChI=1S/C37H46O5/c1-7-24-36(5,6)42-34(39)28-14-12-27(13-15-28)33(38)40-31-20-16-29(17-21-31)37(25-10-9-11-26-37)30-18-22-32(23-19-30)41-35(3,4)8-2/h12-23H,7-11,24-26H2,1-6H3. The smallest absolute Gasteiger partial charge is 0.343 e. The fourth-order valence-corrected chi connectivity index (χ4v) is 5.85. The molecule has 224 valence electrons. The van der Waals surface area contributed by atoms with Gasteiger partial charge in [-0.2, -0.15) is 0 Å². The van der Waals surface area contributed by atoms with E-state index in [9.17, 15) is 9.59 Å². The highest BCUT2D eigenvalue weighted by Gasteiger charge is 2.36. The zero-order chi connectivity index (χ0) is 30.4. The van der Waals surface area contributed by atoms with Crippen molar-refractivity contribution in [2.24, 2.45) is 0 Å². The molecule has 4 rings (SSSR count). The quantitative estimate of drug-likeness (QED) is 0.170. The third kappa shape index (κ3) is 7.61. The number of hydrogen-bond acceptors (Lipinski definition) is 5. The van der Waals surface area contributed by atoms with Gasteiger partial charge in [-0.25, -0.2) is 9.59 Å². The van der Waals surface area contributed by atoms with E-state index in [0.717, 1.165) is 37.9 Å². The van der Waals surface area contributed by atoms with E-state index in [4.69, 9.17) is 14.2 Å². The SMILES string of the molecule is CCCC(C)(C)OC(=O)c1ccc(C(=O)Oc2ccc(C3(c4ccc(OC(C)(C)CC)cc4)CCCCC3)cc2)cc1. The summed E-state index contributed by atoms with van der Waals surface area (Å²) in [6.45, 7) is 12.2. The fraction of sp³-hybridized carbons (Fsp3) is 0.459. The second-order valence-electron chi connectivity index (χ2n) is 12.8. The van der Waals surface area contributed by atoms with Gasteiger partial charge < -0.3 is 14.2 Å². The number of carbonyl (C=O) groups is 2. The highest BCUT2D eigenvalue weighted by atomic mass is 16.6. The summed E-state index contributed by atoms with van der Waals surface area (Å²) < 4.78 is 17.5. The summed E-state index contributed by atoms with van der Waals surface area (Å²) in [5.74, 6) is 0.522. The van der Waals surface area contributed by atoms with Crippen molar-refractivity contribution in [1.29, 1.82) is 0 Å². The lowest BCUT2D eigenvalue weighted by Gasteiger charge is -2.39. The van der Waals surface area contributed by atoms with Gasteiger partial charge in [-0.3, -0.25) is 0 Å². The van der Waals surface area contributed by atoms with Gasteiger partial charge in [0.2, 0.25) is 0 Å². The van der Waals surface area contributed by atoms with Crippen LogP contribution in [0.5, 0.6) is 11.5 Å². The normalized spacial score (nSPS) is 15.1. The van der Waals surface area contributed by atoms with E-state index in [-0.39, 0.29) is 11.0 Å². The topological polar surface area (TPSA) is 61.8 Å². The van der Waals surface area contributed by atoms with E-state index in [2.05, 4.69) is 64.1 Å². The first-order valence-corrected chi connectivity index (χ1v) is 15.4. The molecule has 3 aromatic carbocycles. The number of esters is 2. The summed E-state index contributed by atoms with van der Waals surface area (Å²) in [5, 5.41) is 0. The maximum atomic E-state index is 12.9. The zero-order valence-corrected chi connectivity index (χ0v) is 26.1. The van der Waals surface area contributed by atoms with Crippen LogP contribution in [0.2, 0.25) is 0 Å². The van der Waals surface area contributed by atoms with Crippen LogP contribution in [0.3, 0.4) is 0 Å². The van der Waals surface area contributed by atoms with Crippen molar-refractivity contribution >= 4 is 11.9 Å². The Morgan fingerprint density at radius 1 is 0.667 bits per heavy atom. The molecule has 5 heteroatoms. The van der Waals surface area contributed by atoms with E-state index in [1.54, 1.807) is 24.3 Å². The summed E-state index contributed by atoms with van der Waals surface area (Å²) in [4.78, 5) is 25.4. The first-order valence-electron chi connectivity index (χ1n) is 15.4. The average molecular weight is 571 g/mol. The largest absolute Gasteiger partial charge is 0.488 e. The molecular weight excluding hydrogens is 524 g/mol. The van der Waals surface area contributed by atoms with Crippen molar-refractivity contribution < 1.29 is 23.8 Å². The van der Waals surface area contributed by atoms with Gasteiger partial charge in [-0.05, 0) is 113 Å². The first kappa shape index (κ1) is 31.3. The molecule has 0 bridgehead atoms. The molecule has 1 aliphatic rings. The minimum Gasteiger partial charge on any atom is -0.488 e. The van der Waals surface area contributed by atoms with Crippen LogP contribution >= 0.6 is 0 Å². The zero-order valence-electron chi connectivity index (χ0n) is 26.1. The molecule has 0 saturated heterocycles. The van der Waals surface area contributed by atoms with E-state index < -0.39 is 17.5 Å². The second kappa shape index (κ2) is 13.1. The fourth-order valence-electron chi connectivity index (χ4n) is 5.85. The number of benzene rings is 3. The minimum atomic E-state index is -0.532. The molecule has 5 nitrogen and oxygen atoms in total. The Morgan fingerprint density at radius 2 is 1.17 bits per heavy atom. The molecular formula is C37H46O5. The van der Waals surface area contributed by atoms with Gasteiger partial charge in [0.15, 0.2) is 0 Å². The van der Waals surface area contributed by atoms with Crippen molar-refractivity contribution in [3.05, 3.63) is 95.1 Å². The van der Waals surface area contributed by atoms with Crippen LogP contribution in [0.25, 0.3) is 0 Å². The van der Waals surface area contributed by atoms with Gasteiger partial charge in [0.1, 0.15) is 22.7 Å². The van der Waals surface area contributed by atoms with Crippen molar-refractivity contribution in [3.8, 4) is 11.5 Å². The Hall–Kier alpha value is -3.60. The molecule has 0 amide bonds. The molecule has 42 heavy (non-hydrogen) atoms. The van der Waals surface area contributed by atoms with Crippen LogP contribution < -0.4 is 9.47 Å². The summed E-state index contributed by atoms with van der Waals surface area (Å²) in [5.41, 5.74) is 2.51. The van der Waals surface area contributed by atoms with Gasteiger partial charge in [0, 0.05) is 5.41 Å². The molecule has 3 aromatic rings. The lowest BCUT2D eigenvalue weighted by atomic mass is 9.65. The Labute approximate surface area is 251 Å². The summed E-state index contributed by atoms with van der Waals surface area (Å²) in [6.07, 6.45) is 8.40. The molecule has 1 saturated carbocycles. The molecule has 0 N–H and O–H groups in total. The van der Waals surface area contributed by atoms with E-state index in [0.29, 0.717) is 16.9 Å². The molecule has 0 spiro atoms. The monoisotopic (exact) mass is 570 g/mol. The van der Waals surface area contributed by atoms with Gasteiger partial charge >= 0.3 is 11.9 Å². The third-order valence-corrected chi connectivity index (χ3v) is 8.55. The van der Waals surface area contributed by atoms with Gasteiger partial charge in [0.25, 0.3) is 0 Å². The Balaban J connectivity index is 1.46. The van der Waals surface area contributed by atoms with Crippen molar-refractivity contribution in [3.63, 3.8) is 0 Å². The van der Waals surface area contributed by atoms with Crippen LogP contribution in [0.15, 0.2) is 72.8 Å². The van der Waals surface area contributed by atoms with Gasteiger partial charge in [-0.15, -0.1) is 0 Å². The van der Waals surface area contributed by atoms with Gasteiger partial charge in [0.05, 0.1) is 11.1 Å². The summed E-state index contributed by atoms with van der Waals surface area (Å²) >= 11 is 0. The van der Waals surface area contributed by atoms with Gasteiger partial charge in [-0.1, -0.05) is 63.8 Å². The third-order valence-electron chi connectivity index (χ3n) is 8.55. The second-order valence-corrected chi connectivity index (χ2v) is 12.8. The lowest BCUT2D eigenvalue weighted by Crippen LogP contribution is -2.30. The minimum absolute atomic E-state index is 0.0737. The first-order chi connectivity index (χ1) is 20.0. The van der Waals surface area contributed by atoms with Crippen molar-refractivity contribution in [1.82, 2.24) is 0 Å². The number of rotatable bonds is 11. The Bertz CT molecular complexity index is 1330. The number of ether oxygens (including phenoxy) is 3. The highest BCUT2D eigenvalue weighted by molar-refractivity contribution is 5.94. The predicted molar refractivity (Wildman–Crippen MR) is 168 cm³/mol. The molecule has 0 atom stereocenters. The van der Waals surface area contributed by atoms with Crippen LogP contribution in [0.4, 0.5) is 0 Å². The van der Waals surface area contributed by atoms with E-state index >= 15 is 0 Å². The maximum absolute atomic E-state index is 12.9. The molecule has 0 unspecified atom stereocenters. The summed E-state index contributed by atoms with van der Waals surface area (Å²) in [6, 6.07) is 23.0. The Kier molecular flexibility index (Phi) is 9.81. The molecule has 1 aliphatic carbocycles. The number of carbonyl (C=O) groups excluding carboxylic acids is 2. The molecule has 1 fully saturated rings. The van der Waals surface area contributed by atoms with Crippen molar-refractivity contribution in [2.75, 3.05) is 0 Å². The van der Waals surface area contributed by atoms with E-state index in [1.807, 2.05) is 26.0 Å². The lowest BCUT2D eigenvalue weighted by molar-refractivity contribution is -0.00475. The number of hydrogen-bond donors (Lipinski definition) is 0. The highest BCUT2D eigenvalue weighted by Crippen LogP contribution is 2.45. The maximum Gasteiger partial charge on any atom is 0.343 e. The van der Waals surface area contributed by atoms with Crippen molar-refractivity contribution in [2.45, 2.75) is 110 Å². The molecule has 0 radical (unpaired) electrons. The van der Waals surface area contributed by atoms with Crippen LogP contribution in [0, 0.1) is 0 Å². The molecule has 0 aromatic heterocycles. The van der Waals surface area contributed by atoms with Crippen LogP contribution in [-0.4, -0.2) is 23.1 Å². The Morgan fingerprint density at radius 3 is 1.67 bits per heavy atom. The van der Waals surface area contributed by atoms with Crippen LogP contribution in [0.1, 0.15) is 125 Å².